The second-order valence-electron chi connectivity index (χ2n) is 6.73. The van der Waals surface area contributed by atoms with Crippen LogP contribution in [0.3, 0.4) is 0 Å². The first-order chi connectivity index (χ1) is 13.6. The fraction of sp³-hybridized carbons (Fsp3) is 0.143. The second kappa shape index (κ2) is 7.97. The number of aryl methyl sites for hydroxylation is 3. The van der Waals surface area contributed by atoms with Gasteiger partial charge in [0.25, 0.3) is 0 Å². The van der Waals surface area contributed by atoms with Gasteiger partial charge in [-0.3, -0.25) is 0 Å². The summed E-state index contributed by atoms with van der Waals surface area (Å²) in [5, 5.41) is 29.4. The molecule has 0 radical (unpaired) electrons. The predicted octanol–water partition coefficient (Wildman–Crippen LogP) is 5.37. The smallest absolute Gasteiger partial charge is 0.508 e. The highest BCUT2D eigenvalue weighted by molar-refractivity contribution is 7.49. The number of phosphoric acid groups is 1. The zero-order valence-electron chi connectivity index (χ0n) is 16.1. The molecule has 0 aliphatic heterocycles. The highest BCUT2D eigenvalue weighted by Gasteiger charge is 2.34. The molecule has 0 amide bonds. The number of phenolic OH excluding ortho intramolecular Hbond substituents is 3. The molecule has 29 heavy (non-hydrogen) atoms. The van der Waals surface area contributed by atoms with E-state index in [1.54, 1.807) is 39.0 Å². The Morgan fingerprint density at radius 3 is 1.07 bits per heavy atom. The lowest BCUT2D eigenvalue weighted by molar-refractivity contribution is 0.297. The third kappa shape index (κ3) is 5.59. The number of rotatable bonds is 6. The fourth-order valence-electron chi connectivity index (χ4n) is 2.79. The van der Waals surface area contributed by atoms with E-state index >= 15 is 0 Å². The number of phenols is 3. The van der Waals surface area contributed by atoms with Crippen molar-refractivity contribution in [3.8, 4) is 34.5 Å². The number of phosphoric ester groups is 1. The first-order valence-electron chi connectivity index (χ1n) is 8.71. The van der Waals surface area contributed by atoms with Crippen molar-refractivity contribution in [1.82, 2.24) is 0 Å². The first kappa shape index (κ1) is 20.4. The van der Waals surface area contributed by atoms with E-state index in [4.69, 9.17) is 13.6 Å². The van der Waals surface area contributed by atoms with E-state index < -0.39 is 7.82 Å². The van der Waals surface area contributed by atoms with Gasteiger partial charge >= 0.3 is 7.82 Å². The fourth-order valence-corrected chi connectivity index (χ4v) is 3.99. The van der Waals surface area contributed by atoms with Gasteiger partial charge < -0.3 is 28.9 Å². The van der Waals surface area contributed by atoms with E-state index in [2.05, 4.69) is 0 Å². The van der Waals surface area contributed by atoms with Crippen molar-refractivity contribution in [2.24, 2.45) is 0 Å². The molecule has 0 unspecified atom stereocenters. The summed E-state index contributed by atoms with van der Waals surface area (Å²) in [5.74, 6) is -0.0207. The van der Waals surface area contributed by atoms with Gasteiger partial charge in [-0.2, -0.15) is 4.57 Å². The monoisotopic (exact) mass is 416 g/mol. The molecule has 3 aromatic carbocycles. The maximum atomic E-state index is 13.5. The van der Waals surface area contributed by atoms with Gasteiger partial charge in [0.1, 0.15) is 34.5 Å². The Kier molecular flexibility index (Phi) is 5.62. The molecule has 0 aromatic heterocycles. The molecular formula is C21H21O7P. The molecule has 3 aromatic rings. The van der Waals surface area contributed by atoms with Crippen molar-refractivity contribution >= 4 is 7.82 Å². The summed E-state index contributed by atoms with van der Waals surface area (Å²) in [6.07, 6.45) is 0. The lowest BCUT2D eigenvalue weighted by atomic mass is 10.2. The van der Waals surface area contributed by atoms with Gasteiger partial charge in [0.05, 0.1) is 0 Å². The van der Waals surface area contributed by atoms with Crippen LogP contribution in [0.4, 0.5) is 0 Å². The Morgan fingerprint density at radius 2 is 0.828 bits per heavy atom. The number of benzene rings is 3. The number of hydrogen-bond donors (Lipinski definition) is 3. The van der Waals surface area contributed by atoms with Gasteiger partial charge in [0, 0.05) is 18.2 Å². The molecular weight excluding hydrogens is 395 g/mol. The summed E-state index contributed by atoms with van der Waals surface area (Å²) in [6, 6.07) is 13.0. The summed E-state index contributed by atoms with van der Waals surface area (Å²) in [4.78, 5) is 0. The summed E-state index contributed by atoms with van der Waals surface area (Å²) in [7, 11) is -4.34. The van der Waals surface area contributed by atoms with E-state index in [0.29, 0.717) is 16.7 Å². The Morgan fingerprint density at radius 1 is 0.552 bits per heavy atom. The summed E-state index contributed by atoms with van der Waals surface area (Å²) < 4.78 is 30.0. The van der Waals surface area contributed by atoms with Crippen LogP contribution in [-0.4, -0.2) is 15.3 Å². The molecule has 3 rings (SSSR count). The maximum absolute atomic E-state index is 13.5. The Hall–Kier alpha value is -3.31. The molecule has 0 saturated heterocycles. The van der Waals surface area contributed by atoms with Crippen LogP contribution in [0.25, 0.3) is 0 Å². The Bertz CT molecular complexity index is 897. The molecule has 8 heteroatoms. The van der Waals surface area contributed by atoms with Crippen LogP contribution in [0.2, 0.25) is 0 Å². The number of hydrogen-bond acceptors (Lipinski definition) is 7. The zero-order chi connectivity index (χ0) is 21.2. The summed E-state index contributed by atoms with van der Waals surface area (Å²) >= 11 is 0. The average molecular weight is 416 g/mol. The normalized spacial score (nSPS) is 11.1. The third-order valence-electron chi connectivity index (χ3n) is 3.76. The second-order valence-corrected chi connectivity index (χ2v) is 8.18. The van der Waals surface area contributed by atoms with E-state index in [1.807, 2.05) is 0 Å². The summed E-state index contributed by atoms with van der Waals surface area (Å²) in [6.45, 7) is 5.20. The Labute approximate surface area is 168 Å². The molecule has 0 bridgehead atoms. The highest BCUT2D eigenvalue weighted by Crippen LogP contribution is 2.51. The molecule has 0 atom stereocenters. The van der Waals surface area contributed by atoms with Gasteiger partial charge in [0.15, 0.2) is 0 Å². The molecule has 0 saturated carbocycles. The minimum Gasteiger partial charge on any atom is -0.508 e. The molecule has 152 valence electrons. The first-order valence-corrected chi connectivity index (χ1v) is 10.2. The van der Waals surface area contributed by atoms with Crippen molar-refractivity contribution in [2.45, 2.75) is 20.8 Å². The minimum absolute atomic E-state index is 0.0691. The van der Waals surface area contributed by atoms with Crippen molar-refractivity contribution in [3.63, 3.8) is 0 Å². The van der Waals surface area contributed by atoms with E-state index in [9.17, 15) is 19.9 Å². The average Bonchev–Trinajstić information content (AvgIpc) is 2.50. The van der Waals surface area contributed by atoms with Gasteiger partial charge in [-0.05, 0) is 73.9 Å². The third-order valence-corrected chi connectivity index (χ3v) is 5.06. The van der Waals surface area contributed by atoms with E-state index in [1.165, 1.54) is 36.4 Å². The van der Waals surface area contributed by atoms with Crippen molar-refractivity contribution < 1.29 is 33.5 Å². The predicted molar refractivity (Wildman–Crippen MR) is 108 cm³/mol. The lowest BCUT2D eigenvalue weighted by Crippen LogP contribution is -2.08. The Balaban J connectivity index is 2.00. The molecule has 0 fully saturated rings. The highest BCUT2D eigenvalue weighted by atomic mass is 31.2. The van der Waals surface area contributed by atoms with Crippen LogP contribution >= 0.6 is 7.82 Å². The van der Waals surface area contributed by atoms with Crippen LogP contribution < -0.4 is 13.6 Å². The number of aromatic hydroxyl groups is 3. The zero-order valence-corrected chi connectivity index (χ0v) is 17.0. The van der Waals surface area contributed by atoms with Crippen LogP contribution in [0.1, 0.15) is 16.7 Å². The van der Waals surface area contributed by atoms with Crippen molar-refractivity contribution in [1.29, 1.82) is 0 Å². The topological polar surface area (TPSA) is 105 Å². The summed E-state index contributed by atoms with van der Waals surface area (Å²) in [5.41, 5.74) is 2.02. The van der Waals surface area contributed by atoms with Gasteiger partial charge in [-0.1, -0.05) is 0 Å². The van der Waals surface area contributed by atoms with Crippen LogP contribution in [0.15, 0.2) is 54.6 Å². The van der Waals surface area contributed by atoms with Gasteiger partial charge in [0.2, 0.25) is 0 Å². The molecule has 0 heterocycles. The molecule has 0 aliphatic rings. The van der Waals surface area contributed by atoms with Crippen molar-refractivity contribution in [3.05, 3.63) is 71.3 Å². The molecule has 7 nitrogen and oxygen atoms in total. The minimum atomic E-state index is -4.34. The van der Waals surface area contributed by atoms with E-state index in [-0.39, 0.29) is 34.5 Å². The largest absolute Gasteiger partial charge is 0.647 e. The van der Waals surface area contributed by atoms with Crippen LogP contribution in [0.5, 0.6) is 34.5 Å². The molecule has 0 spiro atoms. The maximum Gasteiger partial charge on any atom is 0.647 e. The van der Waals surface area contributed by atoms with Gasteiger partial charge in [-0.15, -0.1) is 0 Å². The van der Waals surface area contributed by atoms with Crippen molar-refractivity contribution in [2.75, 3.05) is 0 Å². The van der Waals surface area contributed by atoms with Crippen LogP contribution in [0, 0.1) is 20.8 Å². The molecule has 0 aliphatic carbocycles. The standard InChI is InChI=1S/C21H21O7P/c1-13-4-16(22)10-19(7-13)26-29(25,27-20-8-14(2)5-17(23)11-20)28-21-9-15(3)6-18(24)12-21/h4-12,22-24H,1-3H3. The lowest BCUT2D eigenvalue weighted by Gasteiger charge is -2.20. The SMILES string of the molecule is Cc1cc(O)cc(OP(=O)(Oc2cc(C)cc(O)c2)Oc2cc(C)cc(O)c2)c1. The quantitative estimate of drug-likeness (QED) is 0.464. The molecule has 3 N–H and O–H groups in total. The van der Waals surface area contributed by atoms with E-state index in [0.717, 1.165) is 0 Å². The van der Waals surface area contributed by atoms with Gasteiger partial charge in [-0.25, -0.2) is 0 Å². The van der Waals surface area contributed by atoms with Crippen LogP contribution in [-0.2, 0) is 4.57 Å².